The van der Waals surface area contributed by atoms with Crippen LogP contribution in [0, 0.1) is 0 Å². The highest BCUT2D eigenvalue weighted by Gasteiger charge is 2.10. The van der Waals surface area contributed by atoms with Gasteiger partial charge in [0.2, 0.25) is 0 Å². The number of hydrogen-bond acceptors (Lipinski definition) is 4. The molecule has 0 unspecified atom stereocenters. The number of anilines is 1. The van der Waals surface area contributed by atoms with E-state index in [0.29, 0.717) is 6.61 Å². The van der Waals surface area contributed by atoms with E-state index < -0.39 is 6.09 Å². The Kier molecular flexibility index (Phi) is 8.46. The Morgan fingerprint density at radius 3 is 2.46 bits per heavy atom. The topological polar surface area (TPSA) is 50.8 Å². The second-order valence-electron chi connectivity index (χ2n) is 6.24. The zero-order valence-corrected chi connectivity index (χ0v) is 14.8. The van der Waals surface area contributed by atoms with Crippen molar-refractivity contribution in [1.29, 1.82) is 0 Å². The maximum atomic E-state index is 11.8. The van der Waals surface area contributed by atoms with Crippen molar-refractivity contribution in [2.75, 3.05) is 38.2 Å². The van der Waals surface area contributed by atoms with E-state index in [2.05, 4.69) is 17.1 Å². The molecule has 0 aliphatic carbocycles. The number of nitrogens with one attached hydrogen (secondary N) is 1. The van der Waals surface area contributed by atoms with Crippen molar-refractivity contribution >= 4 is 11.8 Å². The summed E-state index contributed by atoms with van der Waals surface area (Å²) in [6.45, 7) is 6.34. The molecule has 1 fully saturated rings. The molecule has 1 amide bonds. The monoisotopic (exact) mass is 334 g/mol. The van der Waals surface area contributed by atoms with Crippen molar-refractivity contribution in [3.05, 3.63) is 24.3 Å². The molecule has 1 aromatic rings. The molecule has 0 spiro atoms. The van der Waals surface area contributed by atoms with Gasteiger partial charge in [-0.05, 0) is 56.6 Å². The number of rotatable bonds is 8. The number of hydrogen-bond donors (Lipinski definition) is 1. The second kappa shape index (κ2) is 10.9. The molecule has 0 atom stereocenters. The van der Waals surface area contributed by atoms with Gasteiger partial charge in [-0.25, -0.2) is 4.79 Å². The summed E-state index contributed by atoms with van der Waals surface area (Å²) in [7, 11) is 0. The number of amides is 1. The molecule has 1 aliphatic rings. The van der Waals surface area contributed by atoms with Gasteiger partial charge in [0.15, 0.2) is 0 Å². The fourth-order valence-electron chi connectivity index (χ4n) is 2.75. The van der Waals surface area contributed by atoms with Crippen molar-refractivity contribution in [2.45, 2.75) is 45.4 Å². The van der Waals surface area contributed by atoms with Gasteiger partial charge in [0.05, 0.1) is 6.61 Å². The summed E-state index contributed by atoms with van der Waals surface area (Å²) in [6, 6.07) is 7.39. The third-order valence-electron chi connectivity index (χ3n) is 4.21. The SMILES string of the molecule is CCCCOc1ccc(NC(=O)OCCN2CCCCCC2)cc1. The number of carbonyl (C=O) groups is 1. The molecular weight excluding hydrogens is 304 g/mol. The van der Waals surface area contributed by atoms with Crippen LogP contribution in [0.25, 0.3) is 0 Å². The van der Waals surface area contributed by atoms with E-state index in [4.69, 9.17) is 9.47 Å². The molecule has 1 N–H and O–H groups in total. The summed E-state index contributed by atoms with van der Waals surface area (Å²) in [4.78, 5) is 14.2. The van der Waals surface area contributed by atoms with Gasteiger partial charge in [-0.15, -0.1) is 0 Å². The molecule has 24 heavy (non-hydrogen) atoms. The van der Waals surface area contributed by atoms with Crippen molar-refractivity contribution in [3.63, 3.8) is 0 Å². The fraction of sp³-hybridized carbons (Fsp3) is 0.632. The molecule has 0 saturated carbocycles. The first kappa shape index (κ1) is 18.6. The first-order valence-electron chi connectivity index (χ1n) is 9.17. The third-order valence-corrected chi connectivity index (χ3v) is 4.21. The third kappa shape index (κ3) is 7.21. The standard InChI is InChI=1S/C19H30N2O3/c1-2-3-15-23-18-10-8-17(9-11-18)20-19(22)24-16-14-21-12-6-4-5-7-13-21/h8-11H,2-7,12-16H2,1H3,(H,20,22). The van der Waals surface area contributed by atoms with E-state index in [1.54, 1.807) is 0 Å². The maximum absolute atomic E-state index is 11.8. The fourth-order valence-corrected chi connectivity index (χ4v) is 2.75. The van der Waals surface area contributed by atoms with Crippen LogP contribution in [0.3, 0.4) is 0 Å². The smallest absolute Gasteiger partial charge is 0.411 e. The first-order valence-corrected chi connectivity index (χ1v) is 9.17. The zero-order chi connectivity index (χ0) is 17.0. The van der Waals surface area contributed by atoms with Crippen LogP contribution in [0.1, 0.15) is 45.4 Å². The normalized spacial score (nSPS) is 15.5. The van der Waals surface area contributed by atoms with Crippen LogP contribution in [0.15, 0.2) is 24.3 Å². The first-order chi connectivity index (χ1) is 11.8. The van der Waals surface area contributed by atoms with Crippen LogP contribution < -0.4 is 10.1 Å². The van der Waals surface area contributed by atoms with E-state index in [-0.39, 0.29) is 0 Å². The summed E-state index contributed by atoms with van der Waals surface area (Å²) in [5.74, 6) is 0.823. The maximum Gasteiger partial charge on any atom is 0.411 e. The van der Waals surface area contributed by atoms with E-state index >= 15 is 0 Å². The minimum absolute atomic E-state index is 0.399. The molecule has 1 aromatic carbocycles. The van der Waals surface area contributed by atoms with Crippen LogP contribution in [0.2, 0.25) is 0 Å². The Bertz CT molecular complexity index is 468. The summed E-state index contributed by atoms with van der Waals surface area (Å²) in [5.41, 5.74) is 0.720. The Morgan fingerprint density at radius 2 is 1.79 bits per heavy atom. The summed E-state index contributed by atoms with van der Waals surface area (Å²) >= 11 is 0. The highest BCUT2D eigenvalue weighted by Crippen LogP contribution is 2.16. The van der Waals surface area contributed by atoms with Crippen LogP contribution in [0.4, 0.5) is 10.5 Å². The molecule has 5 heteroatoms. The Hall–Kier alpha value is -1.75. The van der Waals surface area contributed by atoms with E-state index in [1.165, 1.54) is 25.7 Å². The zero-order valence-electron chi connectivity index (χ0n) is 14.8. The van der Waals surface area contributed by atoms with Crippen molar-refractivity contribution in [1.82, 2.24) is 4.90 Å². The number of carbonyl (C=O) groups excluding carboxylic acids is 1. The molecule has 2 rings (SSSR count). The predicted octanol–water partition coefficient (Wildman–Crippen LogP) is 4.29. The van der Waals surface area contributed by atoms with Gasteiger partial charge in [0.25, 0.3) is 0 Å². The largest absolute Gasteiger partial charge is 0.494 e. The van der Waals surface area contributed by atoms with Gasteiger partial charge in [-0.1, -0.05) is 26.2 Å². The lowest BCUT2D eigenvalue weighted by Crippen LogP contribution is -2.30. The molecule has 0 bridgehead atoms. The quantitative estimate of drug-likeness (QED) is 0.721. The molecule has 5 nitrogen and oxygen atoms in total. The van der Waals surface area contributed by atoms with Crippen LogP contribution >= 0.6 is 0 Å². The Morgan fingerprint density at radius 1 is 1.08 bits per heavy atom. The van der Waals surface area contributed by atoms with Crippen LogP contribution in [0.5, 0.6) is 5.75 Å². The molecule has 1 aliphatic heterocycles. The van der Waals surface area contributed by atoms with Crippen molar-refractivity contribution in [2.24, 2.45) is 0 Å². The minimum Gasteiger partial charge on any atom is -0.494 e. The molecule has 1 saturated heterocycles. The van der Waals surface area contributed by atoms with Gasteiger partial charge in [-0.2, -0.15) is 0 Å². The average molecular weight is 334 g/mol. The average Bonchev–Trinajstić information content (AvgIpc) is 2.85. The van der Waals surface area contributed by atoms with Crippen molar-refractivity contribution < 1.29 is 14.3 Å². The van der Waals surface area contributed by atoms with E-state index in [9.17, 15) is 4.79 Å². The van der Waals surface area contributed by atoms with Gasteiger partial charge in [0.1, 0.15) is 12.4 Å². The van der Waals surface area contributed by atoms with Crippen molar-refractivity contribution in [3.8, 4) is 5.75 Å². The van der Waals surface area contributed by atoms with Crippen LogP contribution in [-0.2, 0) is 4.74 Å². The molecule has 0 radical (unpaired) electrons. The lowest BCUT2D eigenvalue weighted by atomic mass is 10.2. The number of ether oxygens (including phenoxy) is 2. The summed E-state index contributed by atoms with van der Waals surface area (Å²) < 4.78 is 10.9. The Labute approximate surface area is 145 Å². The van der Waals surface area contributed by atoms with Gasteiger partial charge in [0, 0.05) is 12.2 Å². The number of benzene rings is 1. The highest BCUT2D eigenvalue weighted by atomic mass is 16.5. The molecule has 134 valence electrons. The Balaban J connectivity index is 1.64. The molecular formula is C19H30N2O3. The lowest BCUT2D eigenvalue weighted by Gasteiger charge is -2.19. The summed E-state index contributed by atoms with van der Waals surface area (Å²) in [6.07, 6.45) is 6.89. The number of likely N-dealkylation sites (tertiary alicyclic amines) is 1. The van der Waals surface area contributed by atoms with Gasteiger partial charge in [-0.3, -0.25) is 10.2 Å². The number of unbranched alkanes of at least 4 members (excludes halogenated alkanes) is 1. The van der Waals surface area contributed by atoms with Crippen LogP contribution in [-0.4, -0.2) is 43.8 Å². The minimum atomic E-state index is -0.399. The van der Waals surface area contributed by atoms with Gasteiger partial charge >= 0.3 is 6.09 Å². The molecule has 1 heterocycles. The number of nitrogens with zero attached hydrogens (tertiary/aromatic N) is 1. The lowest BCUT2D eigenvalue weighted by molar-refractivity contribution is 0.140. The second-order valence-corrected chi connectivity index (χ2v) is 6.24. The van der Waals surface area contributed by atoms with Gasteiger partial charge < -0.3 is 9.47 Å². The van der Waals surface area contributed by atoms with E-state index in [0.717, 1.165) is 50.5 Å². The summed E-state index contributed by atoms with van der Waals surface area (Å²) in [5, 5.41) is 2.75. The highest BCUT2D eigenvalue weighted by molar-refractivity contribution is 5.84. The predicted molar refractivity (Wildman–Crippen MR) is 96.7 cm³/mol. The molecule has 0 aromatic heterocycles. The van der Waals surface area contributed by atoms with E-state index in [1.807, 2.05) is 24.3 Å².